The van der Waals surface area contributed by atoms with E-state index < -0.39 is 0 Å². The molecule has 1 aliphatic heterocycles. The maximum Gasteiger partial charge on any atom is 0.192 e. The Bertz CT molecular complexity index is 189. The van der Waals surface area contributed by atoms with Gasteiger partial charge in [-0.3, -0.25) is 9.69 Å². The van der Waals surface area contributed by atoms with Crippen molar-refractivity contribution in [2.75, 3.05) is 13.1 Å². The molecule has 1 fully saturated rings. The summed E-state index contributed by atoms with van der Waals surface area (Å²) in [5, 5.41) is 0. The van der Waals surface area contributed by atoms with Crippen molar-refractivity contribution in [3.8, 4) is 11.8 Å². The van der Waals surface area contributed by atoms with Crippen molar-refractivity contribution >= 4 is 6.29 Å². The van der Waals surface area contributed by atoms with Crippen LogP contribution in [0.1, 0.15) is 19.8 Å². The van der Waals surface area contributed by atoms with Gasteiger partial charge in [-0.25, -0.2) is 0 Å². The molecule has 0 amide bonds. The summed E-state index contributed by atoms with van der Waals surface area (Å²) in [4.78, 5) is 12.3. The van der Waals surface area contributed by atoms with Crippen LogP contribution in [0.5, 0.6) is 0 Å². The molecule has 11 heavy (non-hydrogen) atoms. The number of carbonyl (C=O) groups excluding carboxylic acids is 1. The van der Waals surface area contributed by atoms with E-state index in [2.05, 4.69) is 23.7 Å². The molecule has 0 aromatic rings. The number of hydrogen-bond donors (Lipinski definition) is 0. The number of nitrogens with zero attached hydrogens (tertiary/aromatic N) is 1. The lowest BCUT2D eigenvalue weighted by Gasteiger charge is -2.16. The van der Waals surface area contributed by atoms with Crippen LogP contribution >= 0.6 is 0 Å². The minimum atomic E-state index is 0.338. The smallest absolute Gasteiger partial charge is 0.192 e. The molecule has 0 bridgehead atoms. The molecule has 0 radical (unpaired) electrons. The molecule has 0 aromatic heterocycles. The molecule has 2 nitrogen and oxygen atoms in total. The predicted octanol–water partition coefficient (Wildman–Crippen LogP) is 0.673. The third-order valence-corrected chi connectivity index (χ3v) is 2.08. The maximum atomic E-state index is 9.96. The molecule has 1 heterocycles. The Balaban J connectivity index is 2.49. The van der Waals surface area contributed by atoms with E-state index in [0.717, 1.165) is 19.5 Å². The Labute approximate surface area is 67.6 Å². The molecule has 0 N–H and O–H groups in total. The molecule has 1 unspecified atom stereocenters. The average molecular weight is 151 g/mol. The number of aldehydes is 1. The Kier molecular flexibility index (Phi) is 3.13. The zero-order valence-corrected chi connectivity index (χ0v) is 6.84. The quantitative estimate of drug-likeness (QED) is 0.405. The highest BCUT2D eigenvalue weighted by Crippen LogP contribution is 2.14. The van der Waals surface area contributed by atoms with E-state index in [1.807, 2.05) is 0 Å². The van der Waals surface area contributed by atoms with E-state index in [1.54, 1.807) is 0 Å². The van der Waals surface area contributed by atoms with Gasteiger partial charge in [0.2, 0.25) is 0 Å². The van der Waals surface area contributed by atoms with Gasteiger partial charge < -0.3 is 0 Å². The lowest BCUT2D eigenvalue weighted by Crippen LogP contribution is -2.27. The van der Waals surface area contributed by atoms with Gasteiger partial charge in [-0.05, 0) is 31.9 Å². The van der Waals surface area contributed by atoms with Crippen molar-refractivity contribution in [3.63, 3.8) is 0 Å². The van der Waals surface area contributed by atoms with Crippen molar-refractivity contribution in [3.05, 3.63) is 0 Å². The van der Waals surface area contributed by atoms with Crippen LogP contribution in [0.15, 0.2) is 0 Å². The number of hydrogen-bond acceptors (Lipinski definition) is 2. The third kappa shape index (κ3) is 2.06. The van der Waals surface area contributed by atoms with Crippen LogP contribution in [0.4, 0.5) is 0 Å². The van der Waals surface area contributed by atoms with Gasteiger partial charge >= 0.3 is 0 Å². The van der Waals surface area contributed by atoms with Gasteiger partial charge in [-0.1, -0.05) is 12.8 Å². The minimum Gasteiger partial charge on any atom is -0.290 e. The van der Waals surface area contributed by atoms with Crippen LogP contribution in [0.25, 0.3) is 0 Å². The molecule has 0 aliphatic carbocycles. The highest BCUT2D eigenvalue weighted by atomic mass is 16.1. The first kappa shape index (κ1) is 8.29. The van der Waals surface area contributed by atoms with E-state index in [9.17, 15) is 4.79 Å². The Hall–Kier alpha value is -0.810. The normalized spacial score (nSPS) is 24.3. The summed E-state index contributed by atoms with van der Waals surface area (Å²) in [5.74, 6) is 5.42. The first-order chi connectivity index (χ1) is 5.38. The highest BCUT2D eigenvalue weighted by molar-refractivity contribution is 5.72. The van der Waals surface area contributed by atoms with E-state index in [0.29, 0.717) is 12.3 Å². The zero-order valence-electron chi connectivity index (χ0n) is 6.84. The van der Waals surface area contributed by atoms with Gasteiger partial charge in [0.25, 0.3) is 0 Å². The van der Waals surface area contributed by atoms with Crippen LogP contribution < -0.4 is 0 Å². The standard InChI is InChI=1S/C9H13NO/c1-2-10-7-3-5-9(10)6-4-8-11/h8-9H,2-3,5,7H2,1H3. The molecule has 2 heteroatoms. The molecular formula is C9H13NO. The van der Waals surface area contributed by atoms with Crippen molar-refractivity contribution in [2.45, 2.75) is 25.8 Å². The first-order valence-electron chi connectivity index (χ1n) is 4.07. The molecule has 1 aliphatic rings. The van der Waals surface area contributed by atoms with Crippen LogP contribution in [-0.4, -0.2) is 30.3 Å². The Morgan fingerprint density at radius 1 is 1.73 bits per heavy atom. The lowest BCUT2D eigenvalue weighted by molar-refractivity contribution is -0.103. The van der Waals surface area contributed by atoms with Crippen LogP contribution in [0, 0.1) is 11.8 Å². The maximum absolute atomic E-state index is 9.96. The van der Waals surface area contributed by atoms with E-state index >= 15 is 0 Å². The molecule has 1 rings (SSSR count). The monoisotopic (exact) mass is 151 g/mol. The van der Waals surface area contributed by atoms with Crippen molar-refractivity contribution < 1.29 is 4.79 Å². The zero-order chi connectivity index (χ0) is 8.10. The van der Waals surface area contributed by atoms with E-state index in [1.165, 1.54) is 6.42 Å². The number of rotatable bonds is 1. The lowest BCUT2D eigenvalue weighted by atomic mass is 10.2. The minimum absolute atomic E-state index is 0.338. The fourth-order valence-corrected chi connectivity index (χ4v) is 1.50. The second-order valence-electron chi connectivity index (χ2n) is 2.69. The summed E-state index contributed by atoms with van der Waals surface area (Å²) in [5.41, 5.74) is 0. The Morgan fingerprint density at radius 3 is 3.18 bits per heavy atom. The SMILES string of the molecule is CCN1CCCC1C#CC=O. The summed E-state index contributed by atoms with van der Waals surface area (Å²) in [6.45, 7) is 4.30. The van der Waals surface area contributed by atoms with Crippen LogP contribution in [-0.2, 0) is 4.79 Å². The van der Waals surface area contributed by atoms with Gasteiger partial charge in [0.05, 0.1) is 6.04 Å². The van der Waals surface area contributed by atoms with E-state index in [4.69, 9.17) is 0 Å². The fourth-order valence-electron chi connectivity index (χ4n) is 1.50. The van der Waals surface area contributed by atoms with Crippen molar-refractivity contribution in [1.82, 2.24) is 4.90 Å². The molecule has 60 valence electrons. The summed E-state index contributed by atoms with van der Waals surface area (Å²) in [6, 6.07) is 0.338. The van der Waals surface area contributed by atoms with Gasteiger partial charge in [0.15, 0.2) is 6.29 Å². The Morgan fingerprint density at radius 2 is 2.55 bits per heavy atom. The summed E-state index contributed by atoms with van der Waals surface area (Å²) in [7, 11) is 0. The molecule has 0 aromatic carbocycles. The summed E-state index contributed by atoms with van der Waals surface area (Å²) < 4.78 is 0. The third-order valence-electron chi connectivity index (χ3n) is 2.08. The van der Waals surface area contributed by atoms with E-state index in [-0.39, 0.29) is 0 Å². The molecule has 1 atom stereocenters. The fraction of sp³-hybridized carbons (Fsp3) is 0.667. The van der Waals surface area contributed by atoms with Gasteiger partial charge in [-0.15, -0.1) is 0 Å². The van der Waals surface area contributed by atoms with Crippen LogP contribution in [0.2, 0.25) is 0 Å². The molecule has 0 saturated carbocycles. The molecular weight excluding hydrogens is 138 g/mol. The predicted molar refractivity (Wildman–Crippen MR) is 44.1 cm³/mol. The molecule has 1 saturated heterocycles. The summed E-state index contributed by atoms with van der Waals surface area (Å²) >= 11 is 0. The second-order valence-corrected chi connectivity index (χ2v) is 2.69. The van der Waals surface area contributed by atoms with Gasteiger partial charge in [0, 0.05) is 0 Å². The highest BCUT2D eigenvalue weighted by Gasteiger charge is 2.20. The second kappa shape index (κ2) is 4.15. The topological polar surface area (TPSA) is 20.3 Å². The first-order valence-corrected chi connectivity index (χ1v) is 4.07. The van der Waals surface area contributed by atoms with Crippen LogP contribution in [0.3, 0.4) is 0 Å². The van der Waals surface area contributed by atoms with Crippen molar-refractivity contribution in [2.24, 2.45) is 0 Å². The van der Waals surface area contributed by atoms with Gasteiger partial charge in [0.1, 0.15) is 0 Å². The van der Waals surface area contributed by atoms with Crippen molar-refractivity contribution in [1.29, 1.82) is 0 Å². The summed E-state index contributed by atoms with van der Waals surface area (Å²) in [6.07, 6.45) is 3.01. The van der Waals surface area contributed by atoms with Gasteiger partial charge in [-0.2, -0.15) is 0 Å². The average Bonchev–Trinajstić information content (AvgIpc) is 2.47. The number of carbonyl (C=O) groups is 1. The molecule has 0 spiro atoms. The largest absolute Gasteiger partial charge is 0.290 e. The number of likely N-dealkylation sites (tertiary alicyclic amines) is 1.